The van der Waals surface area contributed by atoms with Crippen molar-refractivity contribution in [2.45, 2.75) is 20.8 Å². The van der Waals surface area contributed by atoms with Gasteiger partial charge in [0, 0.05) is 0 Å². The van der Waals surface area contributed by atoms with Crippen molar-refractivity contribution >= 4 is 34.8 Å². The maximum Gasteiger partial charge on any atom is 0.0778 e. The molecule has 0 saturated carbocycles. The monoisotopic (exact) mass is 224 g/mol. The smallest absolute Gasteiger partial charge is 0.0778 e. The third-order valence-electron chi connectivity index (χ3n) is 1.13. The molecule has 0 aliphatic rings. The summed E-state index contributed by atoms with van der Waals surface area (Å²) in [6, 6.07) is 3.55. The number of hydrogen-bond donors (Lipinski definition) is 0. The number of benzene rings is 1. The third-order valence-corrected chi connectivity index (χ3v) is 2.33. The lowest BCUT2D eigenvalue weighted by molar-refractivity contribution is 1.47. The molecule has 68 valence electrons. The zero-order chi connectivity index (χ0) is 9.72. The molecule has 0 aliphatic heterocycles. The maximum absolute atomic E-state index is 5.70. The van der Waals surface area contributed by atoms with E-state index < -0.39 is 0 Å². The fourth-order valence-electron chi connectivity index (χ4n) is 0.682. The van der Waals surface area contributed by atoms with Gasteiger partial charge in [-0.05, 0) is 24.6 Å². The Morgan fingerprint density at radius 3 is 1.58 bits per heavy atom. The van der Waals surface area contributed by atoms with Crippen molar-refractivity contribution in [2.24, 2.45) is 0 Å². The first-order valence-corrected chi connectivity index (χ1v) is 4.86. The van der Waals surface area contributed by atoms with Crippen molar-refractivity contribution in [1.82, 2.24) is 0 Å². The van der Waals surface area contributed by atoms with Crippen LogP contribution in [0.2, 0.25) is 15.1 Å². The lowest BCUT2D eigenvalue weighted by Crippen LogP contribution is -1.74. The number of halogens is 3. The molecule has 0 heterocycles. The molecule has 1 aromatic rings. The van der Waals surface area contributed by atoms with Crippen LogP contribution in [-0.2, 0) is 0 Å². The molecule has 0 radical (unpaired) electrons. The summed E-state index contributed by atoms with van der Waals surface area (Å²) in [6.07, 6.45) is 0. The van der Waals surface area contributed by atoms with Crippen LogP contribution in [0.3, 0.4) is 0 Å². The molecule has 0 aromatic heterocycles. The number of hydrogen-bond acceptors (Lipinski definition) is 0. The molecule has 0 nitrogen and oxygen atoms in total. The lowest BCUT2D eigenvalue weighted by atomic mass is 10.2. The van der Waals surface area contributed by atoms with Gasteiger partial charge in [-0.2, -0.15) is 0 Å². The fraction of sp³-hybridized carbons (Fsp3) is 0.333. The van der Waals surface area contributed by atoms with Gasteiger partial charge < -0.3 is 0 Å². The normalized spacial score (nSPS) is 8.83. The van der Waals surface area contributed by atoms with Crippen LogP contribution in [0.4, 0.5) is 0 Å². The van der Waals surface area contributed by atoms with Crippen LogP contribution in [0.25, 0.3) is 0 Å². The quantitative estimate of drug-likeness (QED) is 0.546. The predicted molar refractivity (Wildman–Crippen MR) is 57.6 cm³/mol. The zero-order valence-electron chi connectivity index (χ0n) is 7.29. The predicted octanol–water partition coefficient (Wildman–Crippen LogP) is 4.98. The second-order valence-electron chi connectivity index (χ2n) is 2.04. The van der Waals surface area contributed by atoms with Gasteiger partial charge in [-0.3, -0.25) is 0 Å². The topological polar surface area (TPSA) is 0 Å². The van der Waals surface area contributed by atoms with Gasteiger partial charge in [0.05, 0.1) is 15.1 Å². The van der Waals surface area contributed by atoms with Crippen molar-refractivity contribution in [3.8, 4) is 0 Å². The molecular formula is C9H11Cl3. The molecule has 1 rings (SSSR count). The highest BCUT2D eigenvalue weighted by molar-refractivity contribution is 6.48. The van der Waals surface area contributed by atoms with E-state index in [9.17, 15) is 0 Å². The Labute approximate surface area is 88.4 Å². The molecule has 0 bridgehead atoms. The van der Waals surface area contributed by atoms with Gasteiger partial charge in [-0.1, -0.05) is 48.7 Å². The van der Waals surface area contributed by atoms with Crippen LogP contribution in [0.15, 0.2) is 12.1 Å². The van der Waals surface area contributed by atoms with Crippen LogP contribution >= 0.6 is 34.8 Å². The van der Waals surface area contributed by atoms with Crippen LogP contribution < -0.4 is 0 Å². The molecule has 0 fully saturated rings. The van der Waals surface area contributed by atoms with E-state index in [1.54, 1.807) is 12.1 Å². The van der Waals surface area contributed by atoms with E-state index in [4.69, 9.17) is 34.8 Å². The van der Waals surface area contributed by atoms with Crippen LogP contribution in [-0.4, -0.2) is 0 Å². The first kappa shape index (κ1) is 12.1. The van der Waals surface area contributed by atoms with Gasteiger partial charge in [-0.25, -0.2) is 0 Å². The molecule has 0 atom stereocenters. The largest absolute Gasteiger partial charge is 0.0826 e. The summed E-state index contributed by atoms with van der Waals surface area (Å²) < 4.78 is 0. The Bertz CT molecular complexity index is 233. The highest BCUT2D eigenvalue weighted by atomic mass is 35.5. The number of rotatable bonds is 0. The molecule has 0 N–H and O–H groups in total. The SMILES string of the molecule is CC.Cc1cc(Cl)c(Cl)c(Cl)c1. The van der Waals surface area contributed by atoms with Crippen molar-refractivity contribution < 1.29 is 0 Å². The van der Waals surface area contributed by atoms with E-state index in [0.717, 1.165) is 5.56 Å². The Kier molecular flexibility index (Phi) is 5.73. The first-order chi connectivity index (χ1) is 5.61. The Morgan fingerprint density at radius 2 is 1.25 bits per heavy atom. The lowest BCUT2D eigenvalue weighted by Gasteiger charge is -1.99. The molecule has 0 amide bonds. The van der Waals surface area contributed by atoms with Gasteiger partial charge in [0.25, 0.3) is 0 Å². The molecule has 0 aliphatic carbocycles. The summed E-state index contributed by atoms with van der Waals surface area (Å²) in [5.41, 5.74) is 1.01. The van der Waals surface area contributed by atoms with Gasteiger partial charge >= 0.3 is 0 Å². The van der Waals surface area contributed by atoms with Crippen molar-refractivity contribution in [3.05, 3.63) is 32.8 Å². The summed E-state index contributed by atoms with van der Waals surface area (Å²) in [7, 11) is 0. The molecule has 3 heteroatoms. The van der Waals surface area contributed by atoms with Crippen LogP contribution in [0, 0.1) is 6.92 Å². The zero-order valence-corrected chi connectivity index (χ0v) is 9.56. The molecule has 0 saturated heterocycles. The van der Waals surface area contributed by atoms with Crippen molar-refractivity contribution in [1.29, 1.82) is 0 Å². The summed E-state index contributed by atoms with van der Waals surface area (Å²) in [5, 5.41) is 1.44. The van der Waals surface area contributed by atoms with Gasteiger partial charge in [0.1, 0.15) is 0 Å². The van der Waals surface area contributed by atoms with E-state index in [0.29, 0.717) is 15.1 Å². The minimum absolute atomic E-state index is 0.425. The Hall–Kier alpha value is 0.0900. The van der Waals surface area contributed by atoms with Crippen molar-refractivity contribution in [2.75, 3.05) is 0 Å². The molecule has 1 aromatic carbocycles. The summed E-state index contributed by atoms with van der Waals surface area (Å²) in [4.78, 5) is 0. The standard InChI is InChI=1S/C7H5Cl3.C2H6/c1-4-2-5(8)7(10)6(9)3-4;1-2/h2-3H,1H3;1-2H3. The van der Waals surface area contributed by atoms with Gasteiger partial charge in [0.15, 0.2) is 0 Å². The second-order valence-corrected chi connectivity index (χ2v) is 3.23. The average Bonchev–Trinajstić information content (AvgIpc) is 2.04. The summed E-state index contributed by atoms with van der Waals surface area (Å²) in [5.74, 6) is 0. The van der Waals surface area contributed by atoms with Gasteiger partial charge in [-0.15, -0.1) is 0 Å². The van der Waals surface area contributed by atoms with Crippen LogP contribution in [0.1, 0.15) is 19.4 Å². The molecular weight excluding hydrogens is 214 g/mol. The highest BCUT2D eigenvalue weighted by Crippen LogP contribution is 2.30. The second kappa shape index (κ2) is 5.69. The fourth-order valence-corrected chi connectivity index (χ4v) is 1.39. The van der Waals surface area contributed by atoms with E-state index in [1.165, 1.54) is 0 Å². The summed E-state index contributed by atoms with van der Waals surface area (Å²) in [6.45, 7) is 5.91. The Balaban J connectivity index is 0.000000561. The molecule has 0 unspecified atom stereocenters. The first-order valence-electron chi connectivity index (χ1n) is 3.72. The third kappa shape index (κ3) is 3.22. The Morgan fingerprint density at radius 1 is 0.917 bits per heavy atom. The average molecular weight is 226 g/mol. The molecule has 12 heavy (non-hydrogen) atoms. The summed E-state index contributed by atoms with van der Waals surface area (Å²) >= 11 is 17.1. The van der Waals surface area contributed by atoms with E-state index in [2.05, 4.69) is 0 Å². The minimum atomic E-state index is 0.425. The van der Waals surface area contributed by atoms with Crippen molar-refractivity contribution in [3.63, 3.8) is 0 Å². The van der Waals surface area contributed by atoms with E-state index in [1.807, 2.05) is 20.8 Å². The molecule has 0 spiro atoms. The van der Waals surface area contributed by atoms with Gasteiger partial charge in [0.2, 0.25) is 0 Å². The van der Waals surface area contributed by atoms with E-state index >= 15 is 0 Å². The number of aryl methyl sites for hydroxylation is 1. The van der Waals surface area contributed by atoms with E-state index in [-0.39, 0.29) is 0 Å². The minimum Gasteiger partial charge on any atom is -0.0826 e. The van der Waals surface area contributed by atoms with Crippen LogP contribution in [0.5, 0.6) is 0 Å². The highest BCUT2D eigenvalue weighted by Gasteiger charge is 2.02. The maximum atomic E-state index is 5.70.